The van der Waals surface area contributed by atoms with E-state index in [-0.39, 0.29) is 6.10 Å². The van der Waals surface area contributed by atoms with Gasteiger partial charge in [0.05, 0.1) is 21.0 Å². The third-order valence-electron chi connectivity index (χ3n) is 2.87. The lowest BCUT2D eigenvalue weighted by Crippen LogP contribution is -2.09. The first kappa shape index (κ1) is 11.2. The maximum atomic E-state index is 5.58. The van der Waals surface area contributed by atoms with Crippen molar-refractivity contribution in [1.82, 2.24) is 5.32 Å². The maximum absolute atomic E-state index is 5.58. The molecule has 2 rings (SSSR count). The van der Waals surface area contributed by atoms with Crippen molar-refractivity contribution in [3.05, 3.63) is 23.3 Å². The molecule has 4 heteroatoms. The summed E-state index contributed by atoms with van der Waals surface area (Å²) in [6, 6.07) is 3.96. The van der Waals surface area contributed by atoms with Gasteiger partial charge in [-0.1, -0.05) is 0 Å². The number of hydrogen-bond donors (Lipinski definition) is 1. The fourth-order valence-electron chi connectivity index (χ4n) is 2.05. The Labute approximate surface area is 95.5 Å². The van der Waals surface area contributed by atoms with Crippen LogP contribution in [0.15, 0.2) is 12.1 Å². The Balaban J connectivity index is 2.40. The monoisotopic (exact) mass is 223 g/mol. The number of methoxy groups -OCH3 is 2. The van der Waals surface area contributed by atoms with Crippen LogP contribution >= 0.6 is 0 Å². The number of hydrogen-bond acceptors (Lipinski definition) is 4. The molecule has 0 aromatic heterocycles. The van der Waals surface area contributed by atoms with Crippen molar-refractivity contribution in [2.45, 2.75) is 13.0 Å². The van der Waals surface area contributed by atoms with Crippen molar-refractivity contribution in [2.24, 2.45) is 0 Å². The van der Waals surface area contributed by atoms with Crippen LogP contribution in [0, 0.1) is 6.92 Å². The molecule has 1 aromatic carbocycles. The molecule has 0 spiro atoms. The van der Waals surface area contributed by atoms with Crippen molar-refractivity contribution in [2.75, 3.05) is 27.5 Å². The van der Waals surface area contributed by atoms with Crippen LogP contribution in [0.4, 0.5) is 0 Å². The minimum Gasteiger partial charge on any atom is -0.496 e. The molecule has 1 unspecified atom stereocenters. The minimum atomic E-state index is 0.0690. The summed E-state index contributed by atoms with van der Waals surface area (Å²) in [6.45, 7) is 3.41. The van der Waals surface area contributed by atoms with E-state index in [9.17, 15) is 0 Å². The molecule has 1 atom stereocenters. The molecule has 1 aliphatic rings. The summed E-state index contributed by atoms with van der Waals surface area (Å²) in [5.74, 6) is 1.69. The molecule has 1 fully saturated rings. The smallest absolute Gasteiger partial charge is 0.131 e. The average molecular weight is 223 g/mol. The van der Waals surface area contributed by atoms with Crippen LogP contribution < -0.4 is 14.8 Å². The second-order valence-corrected chi connectivity index (χ2v) is 3.77. The van der Waals surface area contributed by atoms with Gasteiger partial charge in [0, 0.05) is 17.7 Å². The quantitative estimate of drug-likeness (QED) is 0.845. The van der Waals surface area contributed by atoms with Gasteiger partial charge >= 0.3 is 0 Å². The fraction of sp³-hybridized carbons (Fsp3) is 0.500. The molecular weight excluding hydrogens is 206 g/mol. The molecule has 1 aliphatic heterocycles. The lowest BCUT2D eigenvalue weighted by molar-refractivity contribution is 0.112. The molecule has 1 saturated heterocycles. The van der Waals surface area contributed by atoms with Gasteiger partial charge < -0.3 is 14.2 Å². The van der Waals surface area contributed by atoms with Gasteiger partial charge in [-0.25, -0.2) is 0 Å². The largest absolute Gasteiger partial charge is 0.496 e. The Morgan fingerprint density at radius 2 is 2.12 bits per heavy atom. The lowest BCUT2D eigenvalue weighted by atomic mass is 10.0. The Bertz CT molecular complexity index is 373. The zero-order chi connectivity index (χ0) is 11.5. The first-order valence-electron chi connectivity index (χ1n) is 5.31. The summed E-state index contributed by atoms with van der Waals surface area (Å²) >= 11 is 0. The van der Waals surface area contributed by atoms with Gasteiger partial charge in [0.2, 0.25) is 0 Å². The Kier molecular flexibility index (Phi) is 3.31. The highest BCUT2D eigenvalue weighted by Crippen LogP contribution is 2.36. The van der Waals surface area contributed by atoms with E-state index >= 15 is 0 Å². The topological polar surface area (TPSA) is 39.7 Å². The number of nitrogens with one attached hydrogen (secondary N) is 1. The van der Waals surface area contributed by atoms with E-state index in [4.69, 9.17) is 14.2 Å². The van der Waals surface area contributed by atoms with Crippen LogP contribution in [0.5, 0.6) is 11.5 Å². The van der Waals surface area contributed by atoms with Crippen LogP contribution in [0.1, 0.15) is 17.2 Å². The molecule has 0 aliphatic carbocycles. The molecule has 1 aromatic rings. The van der Waals surface area contributed by atoms with Gasteiger partial charge in [0.1, 0.15) is 17.6 Å². The molecule has 0 radical (unpaired) electrons. The van der Waals surface area contributed by atoms with Crippen molar-refractivity contribution in [3.63, 3.8) is 0 Å². The Hall–Kier alpha value is -1.26. The summed E-state index contributed by atoms with van der Waals surface area (Å²) in [6.07, 6.45) is 0.0690. The maximum Gasteiger partial charge on any atom is 0.131 e. The first-order valence-corrected chi connectivity index (χ1v) is 5.31. The zero-order valence-corrected chi connectivity index (χ0v) is 9.87. The SMILES string of the molecule is COc1ccc(C2CNCO2)c(OC)c1C. The number of rotatable bonds is 3. The molecule has 4 nitrogen and oxygen atoms in total. The van der Waals surface area contributed by atoms with Gasteiger partial charge in [0.15, 0.2) is 0 Å². The molecular formula is C12H17NO3. The van der Waals surface area contributed by atoms with E-state index in [0.29, 0.717) is 6.73 Å². The average Bonchev–Trinajstić information content (AvgIpc) is 2.82. The van der Waals surface area contributed by atoms with E-state index in [1.165, 1.54) is 0 Å². The molecule has 1 heterocycles. The van der Waals surface area contributed by atoms with Crippen LogP contribution in [0.3, 0.4) is 0 Å². The van der Waals surface area contributed by atoms with Gasteiger partial charge in [-0.2, -0.15) is 0 Å². The standard InChI is InChI=1S/C12H17NO3/c1-8-10(14-2)5-4-9(12(8)15-3)11-6-13-7-16-11/h4-5,11,13H,6-7H2,1-3H3. The van der Waals surface area contributed by atoms with Crippen LogP contribution in [-0.2, 0) is 4.74 Å². The van der Waals surface area contributed by atoms with Gasteiger partial charge in [-0.15, -0.1) is 0 Å². The fourth-order valence-corrected chi connectivity index (χ4v) is 2.05. The van der Waals surface area contributed by atoms with Crippen LogP contribution in [0.2, 0.25) is 0 Å². The molecule has 16 heavy (non-hydrogen) atoms. The van der Waals surface area contributed by atoms with E-state index in [0.717, 1.165) is 29.2 Å². The second kappa shape index (κ2) is 4.72. The molecule has 0 amide bonds. The summed E-state index contributed by atoms with van der Waals surface area (Å²) in [5.41, 5.74) is 2.09. The molecule has 88 valence electrons. The van der Waals surface area contributed by atoms with Gasteiger partial charge in [-0.3, -0.25) is 5.32 Å². The van der Waals surface area contributed by atoms with Crippen molar-refractivity contribution in [1.29, 1.82) is 0 Å². The molecule has 0 bridgehead atoms. The predicted octanol–water partition coefficient (Wildman–Crippen LogP) is 1.63. The third kappa shape index (κ3) is 1.86. The van der Waals surface area contributed by atoms with Crippen molar-refractivity contribution < 1.29 is 14.2 Å². The van der Waals surface area contributed by atoms with E-state index in [1.54, 1.807) is 14.2 Å². The summed E-state index contributed by atoms with van der Waals surface area (Å²) < 4.78 is 16.3. The van der Waals surface area contributed by atoms with E-state index in [2.05, 4.69) is 5.32 Å². The normalized spacial score (nSPS) is 19.8. The van der Waals surface area contributed by atoms with E-state index in [1.807, 2.05) is 19.1 Å². The Morgan fingerprint density at radius 3 is 2.69 bits per heavy atom. The summed E-state index contributed by atoms with van der Waals surface area (Å²) in [7, 11) is 3.34. The zero-order valence-electron chi connectivity index (χ0n) is 9.87. The van der Waals surface area contributed by atoms with Crippen molar-refractivity contribution >= 4 is 0 Å². The molecule has 0 saturated carbocycles. The summed E-state index contributed by atoms with van der Waals surface area (Å²) in [5, 5.41) is 3.16. The molecule has 1 N–H and O–H groups in total. The van der Waals surface area contributed by atoms with Crippen LogP contribution in [-0.4, -0.2) is 27.5 Å². The van der Waals surface area contributed by atoms with Crippen LogP contribution in [0.25, 0.3) is 0 Å². The highest BCUT2D eigenvalue weighted by molar-refractivity contribution is 5.50. The van der Waals surface area contributed by atoms with E-state index < -0.39 is 0 Å². The first-order chi connectivity index (χ1) is 7.77. The third-order valence-corrected chi connectivity index (χ3v) is 2.87. The minimum absolute atomic E-state index is 0.0690. The Morgan fingerprint density at radius 1 is 1.31 bits per heavy atom. The second-order valence-electron chi connectivity index (χ2n) is 3.77. The summed E-state index contributed by atoms with van der Waals surface area (Å²) in [4.78, 5) is 0. The number of benzene rings is 1. The van der Waals surface area contributed by atoms with Gasteiger partial charge in [0.25, 0.3) is 0 Å². The van der Waals surface area contributed by atoms with Gasteiger partial charge in [-0.05, 0) is 19.1 Å². The predicted molar refractivity (Wildman–Crippen MR) is 61.0 cm³/mol. The highest BCUT2D eigenvalue weighted by atomic mass is 16.5. The number of ether oxygens (including phenoxy) is 3. The highest BCUT2D eigenvalue weighted by Gasteiger charge is 2.23. The van der Waals surface area contributed by atoms with Crippen molar-refractivity contribution in [3.8, 4) is 11.5 Å². The lowest BCUT2D eigenvalue weighted by Gasteiger charge is -2.17.